The first-order valence-electron chi connectivity index (χ1n) is 7.76. The molecule has 0 radical (unpaired) electrons. The zero-order valence-corrected chi connectivity index (χ0v) is 13.7. The molecule has 0 atom stereocenters. The number of hydrogen-bond acceptors (Lipinski definition) is 2. The third-order valence-corrected chi connectivity index (χ3v) is 3.28. The number of ether oxygens (including phenoxy) is 1. The topological polar surface area (TPSA) is 26.3 Å². The standard InChI is InChI=1S/C21H22O2/c1-16(2)15-23-17(3)21(22)20(19-12-8-5-9-13-19)14-18-10-6-4-7-11-18/h4-14,16H,3,15H2,1-2H3/b20-14+. The molecule has 0 spiro atoms. The van der Waals surface area contributed by atoms with Gasteiger partial charge in [-0.1, -0.05) is 81.1 Å². The van der Waals surface area contributed by atoms with E-state index in [2.05, 4.69) is 6.58 Å². The SMILES string of the molecule is C=C(OCC(C)C)C(=O)/C(=C/c1ccccc1)c1ccccc1. The van der Waals surface area contributed by atoms with E-state index in [0.717, 1.165) is 11.1 Å². The van der Waals surface area contributed by atoms with E-state index in [1.807, 2.05) is 80.6 Å². The fourth-order valence-corrected chi connectivity index (χ4v) is 2.10. The highest BCUT2D eigenvalue weighted by atomic mass is 16.5. The quantitative estimate of drug-likeness (QED) is 0.409. The second-order valence-electron chi connectivity index (χ2n) is 5.79. The van der Waals surface area contributed by atoms with Gasteiger partial charge in [0.15, 0.2) is 5.76 Å². The van der Waals surface area contributed by atoms with Gasteiger partial charge in [0, 0.05) is 5.57 Å². The average Bonchev–Trinajstić information content (AvgIpc) is 2.58. The predicted molar refractivity (Wildman–Crippen MR) is 95.7 cm³/mol. The molecule has 0 bridgehead atoms. The first kappa shape index (κ1) is 16.8. The van der Waals surface area contributed by atoms with Crippen LogP contribution in [0.15, 0.2) is 73.0 Å². The Hall–Kier alpha value is -2.61. The molecule has 2 nitrogen and oxygen atoms in total. The number of carbonyl (C=O) groups is 1. The van der Waals surface area contributed by atoms with Crippen LogP contribution in [0.25, 0.3) is 11.6 Å². The molecule has 0 aliphatic rings. The number of hydrogen-bond donors (Lipinski definition) is 0. The van der Waals surface area contributed by atoms with Gasteiger partial charge in [0.25, 0.3) is 0 Å². The number of carbonyl (C=O) groups excluding carboxylic acids is 1. The Kier molecular flexibility index (Phi) is 5.93. The van der Waals surface area contributed by atoms with E-state index in [1.165, 1.54) is 0 Å². The molecule has 0 saturated heterocycles. The van der Waals surface area contributed by atoms with Gasteiger partial charge in [-0.25, -0.2) is 0 Å². The zero-order chi connectivity index (χ0) is 16.7. The fourth-order valence-electron chi connectivity index (χ4n) is 2.10. The van der Waals surface area contributed by atoms with Crippen molar-refractivity contribution < 1.29 is 9.53 Å². The van der Waals surface area contributed by atoms with E-state index in [1.54, 1.807) is 0 Å². The fraction of sp³-hybridized carbons (Fsp3) is 0.190. The minimum absolute atomic E-state index is 0.180. The molecule has 2 heteroatoms. The highest BCUT2D eigenvalue weighted by Gasteiger charge is 2.17. The summed E-state index contributed by atoms with van der Waals surface area (Å²) in [5.41, 5.74) is 2.41. The maximum Gasteiger partial charge on any atom is 0.227 e. The Morgan fingerprint density at radius 3 is 2.17 bits per heavy atom. The van der Waals surface area contributed by atoms with Crippen LogP contribution in [0.3, 0.4) is 0 Å². The second-order valence-corrected chi connectivity index (χ2v) is 5.79. The van der Waals surface area contributed by atoms with Gasteiger partial charge in [-0.3, -0.25) is 4.79 Å². The lowest BCUT2D eigenvalue weighted by Gasteiger charge is -2.13. The molecular formula is C21H22O2. The van der Waals surface area contributed by atoms with Crippen LogP contribution in [0.2, 0.25) is 0 Å². The van der Waals surface area contributed by atoms with E-state index in [-0.39, 0.29) is 11.5 Å². The highest BCUT2D eigenvalue weighted by Crippen LogP contribution is 2.22. The summed E-state index contributed by atoms with van der Waals surface area (Å²) < 4.78 is 5.52. The van der Waals surface area contributed by atoms with Crippen molar-refractivity contribution in [2.45, 2.75) is 13.8 Å². The number of ketones is 1. The van der Waals surface area contributed by atoms with Crippen molar-refractivity contribution in [3.05, 3.63) is 84.1 Å². The van der Waals surface area contributed by atoms with Crippen molar-refractivity contribution in [1.29, 1.82) is 0 Å². The van der Waals surface area contributed by atoms with Crippen LogP contribution in [0.4, 0.5) is 0 Å². The molecule has 0 N–H and O–H groups in total. The molecule has 0 saturated carbocycles. The summed E-state index contributed by atoms with van der Waals surface area (Å²) in [7, 11) is 0. The smallest absolute Gasteiger partial charge is 0.227 e. The highest BCUT2D eigenvalue weighted by molar-refractivity contribution is 6.31. The summed E-state index contributed by atoms with van der Waals surface area (Å²) in [5, 5.41) is 0. The zero-order valence-electron chi connectivity index (χ0n) is 13.7. The van der Waals surface area contributed by atoms with Crippen LogP contribution in [-0.2, 0) is 9.53 Å². The van der Waals surface area contributed by atoms with Gasteiger partial charge in [-0.2, -0.15) is 0 Å². The van der Waals surface area contributed by atoms with Gasteiger partial charge in [0.2, 0.25) is 5.78 Å². The van der Waals surface area contributed by atoms with Gasteiger partial charge >= 0.3 is 0 Å². The maximum absolute atomic E-state index is 12.8. The lowest BCUT2D eigenvalue weighted by molar-refractivity contribution is -0.113. The van der Waals surface area contributed by atoms with Crippen LogP contribution >= 0.6 is 0 Å². The van der Waals surface area contributed by atoms with E-state index in [0.29, 0.717) is 18.1 Å². The number of Topliss-reactive ketones (excluding diaryl/α,β-unsaturated/α-hetero) is 1. The third-order valence-electron chi connectivity index (χ3n) is 3.28. The summed E-state index contributed by atoms with van der Waals surface area (Å²) in [5.74, 6) is 0.350. The molecule has 2 aromatic carbocycles. The molecule has 0 heterocycles. The Morgan fingerprint density at radius 1 is 1.04 bits per heavy atom. The molecular weight excluding hydrogens is 284 g/mol. The molecule has 2 aromatic rings. The monoisotopic (exact) mass is 306 g/mol. The van der Waals surface area contributed by atoms with Gasteiger partial charge in [-0.05, 0) is 23.1 Å². The van der Waals surface area contributed by atoms with E-state index >= 15 is 0 Å². The van der Waals surface area contributed by atoms with Crippen LogP contribution in [0.1, 0.15) is 25.0 Å². The molecule has 0 unspecified atom stereocenters. The minimum Gasteiger partial charge on any atom is -0.490 e. The molecule has 2 rings (SSSR count). The van der Waals surface area contributed by atoms with Crippen LogP contribution in [0.5, 0.6) is 0 Å². The summed E-state index contributed by atoms with van der Waals surface area (Å²) >= 11 is 0. The normalized spacial score (nSPS) is 11.3. The second kappa shape index (κ2) is 8.14. The van der Waals surface area contributed by atoms with Crippen molar-refractivity contribution in [3.63, 3.8) is 0 Å². The molecule has 0 aliphatic heterocycles. The Morgan fingerprint density at radius 2 is 1.61 bits per heavy atom. The predicted octanol–water partition coefficient (Wildman–Crippen LogP) is 4.98. The first-order valence-corrected chi connectivity index (χ1v) is 7.76. The number of allylic oxidation sites excluding steroid dienone is 1. The largest absolute Gasteiger partial charge is 0.490 e. The van der Waals surface area contributed by atoms with E-state index < -0.39 is 0 Å². The Labute approximate surface area is 138 Å². The van der Waals surface area contributed by atoms with Crippen LogP contribution in [-0.4, -0.2) is 12.4 Å². The molecule has 23 heavy (non-hydrogen) atoms. The minimum atomic E-state index is -0.180. The first-order chi connectivity index (χ1) is 11.1. The number of rotatable bonds is 7. The average molecular weight is 306 g/mol. The molecule has 118 valence electrons. The lowest BCUT2D eigenvalue weighted by atomic mass is 9.98. The van der Waals surface area contributed by atoms with Crippen molar-refractivity contribution in [2.75, 3.05) is 6.61 Å². The van der Waals surface area contributed by atoms with Crippen LogP contribution in [0, 0.1) is 5.92 Å². The van der Waals surface area contributed by atoms with Crippen molar-refractivity contribution >= 4 is 17.4 Å². The van der Waals surface area contributed by atoms with Crippen molar-refractivity contribution in [2.24, 2.45) is 5.92 Å². The summed E-state index contributed by atoms with van der Waals surface area (Å²) in [4.78, 5) is 12.8. The summed E-state index contributed by atoms with van der Waals surface area (Å²) in [6.07, 6.45) is 1.88. The van der Waals surface area contributed by atoms with Gasteiger partial charge in [0.1, 0.15) is 0 Å². The van der Waals surface area contributed by atoms with Crippen molar-refractivity contribution in [1.82, 2.24) is 0 Å². The van der Waals surface area contributed by atoms with Gasteiger partial charge in [-0.15, -0.1) is 0 Å². The maximum atomic E-state index is 12.8. The molecule has 0 aromatic heterocycles. The van der Waals surface area contributed by atoms with Gasteiger partial charge in [0.05, 0.1) is 6.61 Å². The van der Waals surface area contributed by atoms with E-state index in [4.69, 9.17) is 4.74 Å². The van der Waals surface area contributed by atoms with Crippen LogP contribution < -0.4 is 0 Å². The lowest BCUT2D eigenvalue weighted by Crippen LogP contribution is -2.11. The van der Waals surface area contributed by atoms with E-state index in [9.17, 15) is 4.79 Å². The Balaban J connectivity index is 2.33. The summed E-state index contributed by atoms with van der Waals surface area (Å²) in [6, 6.07) is 19.4. The van der Waals surface area contributed by atoms with Gasteiger partial charge < -0.3 is 4.74 Å². The van der Waals surface area contributed by atoms with Crippen molar-refractivity contribution in [3.8, 4) is 0 Å². The molecule has 0 fully saturated rings. The number of benzene rings is 2. The molecule has 0 aliphatic carbocycles. The molecule has 0 amide bonds. The third kappa shape index (κ3) is 4.96. The Bertz CT molecular complexity index is 682. The summed E-state index contributed by atoms with van der Waals surface area (Å²) in [6.45, 7) is 8.36.